The van der Waals surface area contributed by atoms with Crippen LogP contribution in [0.2, 0.25) is 0 Å². The molecule has 2 aromatic carbocycles. The quantitative estimate of drug-likeness (QED) is 0.652. The fraction of sp³-hybridized carbons (Fsp3) is 0.261. The van der Waals surface area contributed by atoms with Crippen LogP contribution < -0.4 is 5.32 Å². The van der Waals surface area contributed by atoms with Gasteiger partial charge in [-0.05, 0) is 30.2 Å². The average molecular weight is 374 g/mol. The summed E-state index contributed by atoms with van der Waals surface area (Å²) in [5.41, 5.74) is 2.39. The molecule has 27 heavy (non-hydrogen) atoms. The maximum absolute atomic E-state index is 4.93. The Bertz CT molecular complexity index is 1010. The Morgan fingerprint density at radius 2 is 2.04 bits per heavy atom. The van der Waals surface area contributed by atoms with Crippen LogP contribution in [0.1, 0.15) is 17.0 Å². The van der Waals surface area contributed by atoms with Crippen LogP contribution in [0.4, 0.5) is 10.8 Å². The largest absolute Gasteiger partial charge is 0.331 e. The standard InChI is InChI=1S/C23H23N3S/c1-2-7-17(8-3-1)15-26-14-13-22-21(16-26)25-23(27-22)24-20-12-6-10-18-9-4-5-11-19(18)20/h1-7,9-12,17H,8,13-16H2,(H,24,25). The van der Waals surface area contributed by atoms with Crippen molar-refractivity contribution in [3.63, 3.8) is 0 Å². The number of allylic oxidation sites excluding steroid dienone is 3. The van der Waals surface area contributed by atoms with Crippen molar-refractivity contribution < 1.29 is 0 Å². The second-order valence-corrected chi connectivity index (χ2v) is 8.42. The van der Waals surface area contributed by atoms with Gasteiger partial charge in [-0.1, -0.05) is 60.7 Å². The Labute approximate surface area is 164 Å². The lowest BCUT2D eigenvalue weighted by Gasteiger charge is -2.28. The topological polar surface area (TPSA) is 28.2 Å². The van der Waals surface area contributed by atoms with Gasteiger partial charge in [-0.15, -0.1) is 11.3 Å². The Kier molecular flexibility index (Phi) is 4.52. The molecule has 0 bridgehead atoms. The van der Waals surface area contributed by atoms with Gasteiger partial charge in [0.2, 0.25) is 0 Å². The molecule has 2 heterocycles. The highest BCUT2D eigenvalue weighted by Gasteiger charge is 2.22. The first-order valence-electron chi connectivity index (χ1n) is 9.64. The summed E-state index contributed by atoms with van der Waals surface area (Å²) in [6.45, 7) is 3.23. The van der Waals surface area contributed by atoms with Crippen molar-refractivity contribution in [2.24, 2.45) is 5.92 Å². The molecule has 1 unspecified atom stereocenters. The van der Waals surface area contributed by atoms with Crippen LogP contribution in [0.25, 0.3) is 10.8 Å². The summed E-state index contributed by atoms with van der Waals surface area (Å²) in [6, 6.07) is 14.9. The lowest BCUT2D eigenvalue weighted by molar-refractivity contribution is 0.228. The SMILES string of the molecule is C1=CCC(CN2CCc3sc(Nc4cccc5ccccc45)nc3C2)C=C1. The molecule has 5 rings (SSSR count). The van der Waals surface area contributed by atoms with Crippen molar-refractivity contribution in [2.45, 2.75) is 19.4 Å². The van der Waals surface area contributed by atoms with E-state index in [1.54, 1.807) is 0 Å². The Balaban J connectivity index is 1.32. The summed E-state index contributed by atoms with van der Waals surface area (Å²) in [4.78, 5) is 8.92. The van der Waals surface area contributed by atoms with Gasteiger partial charge in [-0.2, -0.15) is 0 Å². The molecule has 1 N–H and O–H groups in total. The minimum atomic E-state index is 0.642. The van der Waals surface area contributed by atoms with Gasteiger partial charge in [0.1, 0.15) is 0 Å². The number of hydrogen-bond donors (Lipinski definition) is 1. The fourth-order valence-corrected chi connectivity index (χ4v) is 4.98. The van der Waals surface area contributed by atoms with E-state index in [1.807, 2.05) is 11.3 Å². The van der Waals surface area contributed by atoms with E-state index in [1.165, 1.54) is 21.3 Å². The van der Waals surface area contributed by atoms with Gasteiger partial charge < -0.3 is 5.32 Å². The maximum Gasteiger partial charge on any atom is 0.187 e. The van der Waals surface area contributed by atoms with Gasteiger partial charge in [0.15, 0.2) is 5.13 Å². The van der Waals surface area contributed by atoms with Crippen LogP contribution >= 0.6 is 11.3 Å². The third kappa shape index (κ3) is 3.55. The molecule has 3 aromatic rings. The molecule has 0 amide bonds. The Hall–Kier alpha value is -2.43. The second kappa shape index (κ2) is 7.29. The fourth-order valence-electron chi connectivity index (χ4n) is 4.01. The van der Waals surface area contributed by atoms with Crippen LogP contribution in [0.15, 0.2) is 66.8 Å². The predicted octanol–water partition coefficient (Wildman–Crippen LogP) is 5.53. The molecule has 2 aliphatic rings. The van der Waals surface area contributed by atoms with Crippen molar-refractivity contribution >= 4 is 32.9 Å². The molecule has 0 radical (unpaired) electrons. The third-order valence-corrected chi connectivity index (χ3v) is 6.47. The van der Waals surface area contributed by atoms with E-state index in [4.69, 9.17) is 4.98 Å². The van der Waals surface area contributed by atoms with Crippen molar-refractivity contribution in [1.29, 1.82) is 0 Å². The highest BCUT2D eigenvalue weighted by Crippen LogP contribution is 2.33. The summed E-state index contributed by atoms with van der Waals surface area (Å²) in [5.74, 6) is 0.642. The number of rotatable bonds is 4. The number of thiazole rings is 1. The number of benzene rings is 2. The number of nitrogens with one attached hydrogen (secondary N) is 1. The van der Waals surface area contributed by atoms with Crippen molar-refractivity contribution in [3.05, 3.63) is 77.3 Å². The van der Waals surface area contributed by atoms with E-state index in [2.05, 4.69) is 77.0 Å². The zero-order chi connectivity index (χ0) is 18.1. The van der Waals surface area contributed by atoms with Gasteiger partial charge in [0.25, 0.3) is 0 Å². The Morgan fingerprint density at radius 3 is 2.96 bits per heavy atom. The van der Waals surface area contributed by atoms with Gasteiger partial charge in [-0.3, -0.25) is 4.90 Å². The molecule has 0 spiro atoms. The van der Waals surface area contributed by atoms with Crippen LogP contribution in [-0.4, -0.2) is 23.0 Å². The number of hydrogen-bond acceptors (Lipinski definition) is 4. The summed E-state index contributed by atoms with van der Waals surface area (Å²) in [5, 5.41) is 7.08. The molecule has 0 saturated heterocycles. The summed E-state index contributed by atoms with van der Waals surface area (Å²) < 4.78 is 0. The predicted molar refractivity (Wildman–Crippen MR) is 115 cm³/mol. The van der Waals surface area contributed by atoms with Crippen molar-refractivity contribution in [2.75, 3.05) is 18.4 Å². The monoisotopic (exact) mass is 373 g/mol. The average Bonchev–Trinajstić information content (AvgIpc) is 3.11. The summed E-state index contributed by atoms with van der Waals surface area (Å²) in [6.07, 6.45) is 11.2. The second-order valence-electron chi connectivity index (χ2n) is 7.33. The number of fused-ring (bicyclic) bond motifs is 2. The number of aromatic nitrogens is 1. The third-order valence-electron chi connectivity index (χ3n) is 5.40. The first-order chi connectivity index (χ1) is 13.3. The Morgan fingerprint density at radius 1 is 1.11 bits per heavy atom. The lowest BCUT2D eigenvalue weighted by atomic mass is 9.99. The minimum absolute atomic E-state index is 0.642. The smallest absolute Gasteiger partial charge is 0.187 e. The normalized spacial score (nSPS) is 19.3. The molecule has 136 valence electrons. The molecule has 0 fully saturated rings. The lowest BCUT2D eigenvalue weighted by Crippen LogP contribution is -2.34. The number of anilines is 2. The van der Waals surface area contributed by atoms with Gasteiger partial charge >= 0.3 is 0 Å². The van der Waals surface area contributed by atoms with Crippen molar-refractivity contribution in [1.82, 2.24) is 9.88 Å². The van der Waals surface area contributed by atoms with E-state index in [-0.39, 0.29) is 0 Å². The van der Waals surface area contributed by atoms with Crippen LogP contribution in [-0.2, 0) is 13.0 Å². The zero-order valence-corrected chi connectivity index (χ0v) is 16.1. The first kappa shape index (κ1) is 16.7. The van der Waals surface area contributed by atoms with Crippen LogP contribution in [0.5, 0.6) is 0 Å². The zero-order valence-electron chi connectivity index (χ0n) is 15.3. The van der Waals surface area contributed by atoms with Crippen LogP contribution in [0, 0.1) is 5.92 Å². The minimum Gasteiger partial charge on any atom is -0.331 e. The molecule has 4 heteroatoms. The molecule has 1 aliphatic heterocycles. The van der Waals surface area contributed by atoms with E-state index < -0.39 is 0 Å². The first-order valence-corrected chi connectivity index (χ1v) is 10.5. The van der Waals surface area contributed by atoms with Gasteiger partial charge in [0.05, 0.1) is 5.69 Å². The molecule has 1 atom stereocenters. The maximum atomic E-state index is 4.93. The molecule has 1 aromatic heterocycles. The van der Waals surface area contributed by atoms with Gasteiger partial charge in [-0.25, -0.2) is 4.98 Å². The summed E-state index contributed by atoms with van der Waals surface area (Å²) in [7, 11) is 0. The highest BCUT2D eigenvalue weighted by molar-refractivity contribution is 7.15. The molecule has 1 aliphatic carbocycles. The molecule has 3 nitrogen and oxygen atoms in total. The van der Waals surface area contributed by atoms with E-state index in [9.17, 15) is 0 Å². The highest BCUT2D eigenvalue weighted by atomic mass is 32.1. The molecular weight excluding hydrogens is 350 g/mol. The molecule has 0 saturated carbocycles. The van der Waals surface area contributed by atoms with E-state index >= 15 is 0 Å². The van der Waals surface area contributed by atoms with E-state index in [0.29, 0.717) is 5.92 Å². The summed E-state index contributed by atoms with van der Waals surface area (Å²) >= 11 is 1.81. The van der Waals surface area contributed by atoms with Gasteiger partial charge in [0, 0.05) is 35.6 Å². The molecular formula is C23H23N3S. The van der Waals surface area contributed by atoms with E-state index in [0.717, 1.165) is 43.3 Å². The number of nitrogens with zero attached hydrogens (tertiary/aromatic N) is 2. The van der Waals surface area contributed by atoms with Crippen molar-refractivity contribution in [3.8, 4) is 0 Å². The van der Waals surface area contributed by atoms with Crippen LogP contribution in [0.3, 0.4) is 0 Å².